The summed E-state index contributed by atoms with van der Waals surface area (Å²) in [5, 5.41) is 8.77. The van der Waals surface area contributed by atoms with E-state index in [9.17, 15) is 24.0 Å². The third-order valence-electron chi connectivity index (χ3n) is 23.2. The van der Waals surface area contributed by atoms with Crippen molar-refractivity contribution in [3.8, 4) is 0 Å². The van der Waals surface area contributed by atoms with E-state index >= 15 is 0 Å². The van der Waals surface area contributed by atoms with E-state index in [2.05, 4.69) is 142 Å². The molecule has 0 radical (unpaired) electrons. The van der Waals surface area contributed by atoms with Gasteiger partial charge in [-0.05, 0) is 218 Å². The number of ketones is 1. The zero-order chi connectivity index (χ0) is 87.1. The fraction of sp³-hybridized carbons (Fsp3) is 0.673. The maximum atomic E-state index is 13.0. The van der Waals surface area contributed by atoms with E-state index in [4.69, 9.17) is 76.5 Å². The molecule has 21 atom stereocenters. The van der Waals surface area contributed by atoms with Gasteiger partial charge in [0.1, 0.15) is 24.1 Å². The monoisotopic (exact) mass is 1660 g/mol. The number of esters is 3. The van der Waals surface area contributed by atoms with E-state index in [0.29, 0.717) is 55.6 Å². The van der Waals surface area contributed by atoms with Crippen molar-refractivity contribution in [3.05, 3.63) is 144 Å². The van der Waals surface area contributed by atoms with Crippen molar-refractivity contribution in [3.63, 3.8) is 0 Å². The lowest BCUT2D eigenvalue weighted by molar-refractivity contribution is -0.193. The molecule has 12 bridgehead atoms. The summed E-state index contributed by atoms with van der Waals surface area (Å²) >= 11 is 0. The normalized spacial score (nSPS) is 33.8. The summed E-state index contributed by atoms with van der Waals surface area (Å²) in [6, 6.07) is 0. The predicted molar refractivity (Wildman–Crippen MR) is 456 cm³/mol. The standard InChI is InChI=1S/C32H48O5.C32H50O4.C31H46O6.3CO2/c1-5-26-19-29-21-28-14-11-13-27(35-28)18-23(2)16-17-24(3)31(37-32(34)22-30(20-26)36-29)15-10-8-6-7-9-12-25(4)33;1-5-7-8-9-10-11-12-16-31-25(4)18-17-24(3)19-27-14-13-15-28(34-27)22-29-20-26(6-2)21-30(35-29)23-32(33)36-31;1-4-24-18-27-20-26-12-10-11-25(35-26)17-22(2)15-16-23(3)29(37-31(34)21-28(19-24)36-27)13-8-6-5-7-9-14-30(32)33;3*2-1-3/h5-6,8,10,15-17,23-24,27-31H,7,9,11-14,18-22H2,1-4H3;6,10-12,16-18,24-25,27-31H,5,7-9,13-15,19-23H2,1-4H3;4-6,8,13,15-16,22-23,25-29H,7,9-12,14,17-21H2,1-3H3,(H,32,33);;;/b8-6-,15-10+,17-16+,26-5-;11-10-,16-12+,18-17+,26-6-;6-5-,13-8+,16-15+,24-4-;;;/t23-,24-,27+,28?,29+,30?,31?;24-,25-,27+,28?,29+,30?,31?;22-,23-,25+,26?,27+,28?,29?;;;/m000.../s1. The Balaban J connectivity index is 0.000000356. The first-order valence-electron chi connectivity index (χ1n) is 44.5. The Bertz CT molecular complexity index is 3290. The van der Waals surface area contributed by atoms with Crippen molar-refractivity contribution in [2.45, 2.75) is 386 Å². The summed E-state index contributed by atoms with van der Waals surface area (Å²) in [6.07, 6.45) is 75.6. The Morgan fingerprint density at radius 2 is 0.639 bits per heavy atom. The van der Waals surface area contributed by atoms with E-state index in [-0.39, 0.29) is 159 Å². The Morgan fingerprint density at radius 1 is 0.370 bits per heavy atom. The summed E-state index contributed by atoms with van der Waals surface area (Å²) in [6.45, 7) is 23.1. The number of rotatable bonds is 18. The highest BCUT2D eigenvalue weighted by Gasteiger charge is 2.37. The number of allylic oxidation sites excluding steroid dienone is 15. The van der Waals surface area contributed by atoms with E-state index in [1.54, 1.807) is 6.92 Å². The number of hydrogen-bond donors (Lipinski definition) is 1. The fourth-order valence-electron chi connectivity index (χ4n) is 16.9. The van der Waals surface area contributed by atoms with Crippen LogP contribution in [0.3, 0.4) is 0 Å². The number of carboxylic acid groups (broad SMARTS) is 1. The van der Waals surface area contributed by atoms with E-state index < -0.39 is 5.97 Å². The number of unbranched alkanes of at least 4 members (excludes halogenated alkanes) is 5. The lowest BCUT2D eigenvalue weighted by Gasteiger charge is -2.37. The highest BCUT2D eigenvalue weighted by Crippen LogP contribution is 2.38. The van der Waals surface area contributed by atoms with Gasteiger partial charge in [0.25, 0.3) is 0 Å². The van der Waals surface area contributed by atoms with Gasteiger partial charge >= 0.3 is 42.3 Å². The molecule has 9 heterocycles. The van der Waals surface area contributed by atoms with E-state index in [0.717, 1.165) is 135 Å². The average molecular weight is 1660 g/mol. The van der Waals surface area contributed by atoms with Crippen LogP contribution in [-0.2, 0) is 95.4 Å². The summed E-state index contributed by atoms with van der Waals surface area (Å²) in [4.78, 5) is 110. The SMILES string of the molecule is C/C=C1\CC2CC(=O)OC(/C=C/C=C\CCCC(=O)O)[C@@H](C)/C=C/[C@H](C)C[C@H]3CCCC(C[C@@H](C1)O2)O3.C/C=C1\CC2CC(=O)OC(/C=C/C=C\CCCC(C)=O)[C@@H](C)/C=C/[C@H](C)C[C@H]3CCCC(C[C@@H](C1)O2)O3.C/C=C1\CC2CC(=O)OC(/C=C/C=C\CCCCC)[C@@H](C)/C=C/[C@H](C)C[C@H]3CCCC(C[C@@H](C1)O2)O3.O=C=O.O=C=O.O=C=O. The van der Waals surface area contributed by atoms with Crippen molar-refractivity contribution in [1.29, 1.82) is 0 Å². The van der Waals surface area contributed by atoms with Crippen molar-refractivity contribution in [1.82, 2.24) is 0 Å². The molecule has 0 aliphatic carbocycles. The van der Waals surface area contributed by atoms with Crippen molar-refractivity contribution in [2.24, 2.45) is 35.5 Å². The molecule has 0 aromatic rings. The molecule has 9 rings (SSSR count). The molecule has 9 unspecified atom stereocenters. The second-order valence-corrected chi connectivity index (χ2v) is 33.8. The number of Topliss-reactive ketones (excluding diaryl/α,β-unsaturated/α-hetero) is 1. The Morgan fingerprint density at radius 3 is 0.916 bits per heavy atom. The van der Waals surface area contributed by atoms with Crippen LogP contribution in [0.5, 0.6) is 0 Å². The third-order valence-corrected chi connectivity index (χ3v) is 23.2. The smallest absolute Gasteiger partial charge is 0.373 e. The molecule has 21 heteroatoms. The molecule has 662 valence electrons. The van der Waals surface area contributed by atoms with Gasteiger partial charge in [-0.3, -0.25) is 19.2 Å². The largest absolute Gasteiger partial charge is 0.481 e. The molecule has 1 N–H and O–H groups in total. The van der Waals surface area contributed by atoms with Crippen LogP contribution in [0.4, 0.5) is 0 Å². The Labute approximate surface area is 710 Å². The van der Waals surface area contributed by atoms with E-state index in [1.807, 2.05) is 54.7 Å². The lowest BCUT2D eigenvalue weighted by Crippen LogP contribution is -2.37. The van der Waals surface area contributed by atoms with Crippen LogP contribution in [0, 0.1) is 35.5 Å². The van der Waals surface area contributed by atoms with Crippen molar-refractivity contribution < 1.29 is 100 Å². The molecule has 6 saturated heterocycles. The van der Waals surface area contributed by atoms with Gasteiger partial charge in [-0.25, -0.2) is 0 Å². The highest BCUT2D eigenvalue weighted by molar-refractivity contribution is 5.75. The molecule has 0 amide bonds. The van der Waals surface area contributed by atoms with Crippen LogP contribution in [0.15, 0.2) is 144 Å². The topological polar surface area (TPSA) is 291 Å². The number of carbonyl (C=O) groups is 5. The van der Waals surface area contributed by atoms with Gasteiger partial charge in [-0.15, -0.1) is 0 Å². The summed E-state index contributed by atoms with van der Waals surface area (Å²) in [5.74, 6) is 0.174. The molecule has 0 aromatic heterocycles. The molecule has 21 nitrogen and oxygen atoms in total. The second-order valence-electron chi connectivity index (χ2n) is 33.8. The van der Waals surface area contributed by atoms with Crippen LogP contribution >= 0.6 is 0 Å². The minimum atomic E-state index is -0.776. The summed E-state index contributed by atoms with van der Waals surface area (Å²) in [7, 11) is 0. The first-order valence-corrected chi connectivity index (χ1v) is 44.5. The quantitative estimate of drug-likeness (QED) is 0.0438. The van der Waals surface area contributed by atoms with Crippen LogP contribution in [-0.4, -0.2) is 145 Å². The molecule has 9 aliphatic heterocycles. The van der Waals surface area contributed by atoms with Gasteiger partial charge in [0.15, 0.2) is 0 Å². The van der Waals surface area contributed by atoms with E-state index in [1.165, 1.54) is 55.2 Å². The molecular formula is C98H144O21. The Kier molecular flexibility index (Phi) is 53.7. The van der Waals surface area contributed by atoms with Gasteiger partial charge in [0.05, 0.1) is 92.5 Å². The number of carbonyl (C=O) groups excluding carboxylic acids is 10. The molecule has 119 heavy (non-hydrogen) atoms. The first kappa shape index (κ1) is 104. The molecule has 6 fully saturated rings. The summed E-state index contributed by atoms with van der Waals surface area (Å²) < 4.78 is 56.9. The number of cyclic esters (lactones) is 3. The Hall–Kier alpha value is -7.67. The molecule has 9 aliphatic rings. The minimum Gasteiger partial charge on any atom is -0.481 e. The molecule has 0 aromatic carbocycles. The van der Waals surface area contributed by atoms with Crippen LogP contribution < -0.4 is 0 Å². The number of hydrogen-bond acceptors (Lipinski definition) is 20. The van der Waals surface area contributed by atoms with Crippen LogP contribution in [0.2, 0.25) is 0 Å². The molecular weight excluding hydrogens is 1510 g/mol. The zero-order valence-corrected chi connectivity index (χ0v) is 73.4. The third kappa shape index (κ3) is 45.7. The zero-order valence-electron chi connectivity index (χ0n) is 73.4. The second kappa shape index (κ2) is 61.6. The maximum absolute atomic E-state index is 13.0. The number of ether oxygens (including phenoxy) is 9. The van der Waals surface area contributed by atoms with Crippen molar-refractivity contribution >= 4 is 48.1 Å². The first-order chi connectivity index (χ1) is 57.3. The fourth-order valence-corrected chi connectivity index (χ4v) is 16.9. The van der Waals surface area contributed by atoms with Gasteiger partial charge in [0.2, 0.25) is 0 Å². The minimum absolute atomic E-state index is 0.0158. The molecule has 0 spiro atoms. The van der Waals surface area contributed by atoms with Gasteiger partial charge in [-0.1, -0.05) is 187 Å². The van der Waals surface area contributed by atoms with Gasteiger partial charge in [0, 0.05) is 49.9 Å². The number of carboxylic acids is 1. The van der Waals surface area contributed by atoms with Gasteiger partial charge < -0.3 is 52.5 Å². The number of fused-ring (bicyclic) bond motifs is 12. The predicted octanol–water partition coefficient (Wildman–Crippen LogP) is 20.2. The molecule has 0 saturated carbocycles. The maximum Gasteiger partial charge on any atom is 0.373 e. The van der Waals surface area contributed by atoms with Crippen molar-refractivity contribution in [2.75, 3.05) is 0 Å². The number of aliphatic carboxylic acids is 1. The van der Waals surface area contributed by atoms with Crippen LogP contribution in [0.1, 0.15) is 294 Å². The lowest BCUT2D eigenvalue weighted by atomic mass is 9.90. The van der Waals surface area contributed by atoms with Gasteiger partial charge in [-0.2, -0.15) is 28.8 Å². The van der Waals surface area contributed by atoms with Crippen LogP contribution in [0.25, 0.3) is 0 Å². The highest BCUT2D eigenvalue weighted by atomic mass is 16.6. The summed E-state index contributed by atoms with van der Waals surface area (Å²) in [5.41, 5.74) is 4.09. The average Bonchev–Trinajstić information content (AvgIpc) is 0.849.